The smallest absolute Gasteiger partial charge is 0.407 e. The van der Waals surface area contributed by atoms with E-state index in [1.54, 1.807) is 13.8 Å². The van der Waals surface area contributed by atoms with Gasteiger partial charge in [-0.15, -0.1) is 11.8 Å². The van der Waals surface area contributed by atoms with Gasteiger partial charge >= 0.3 is 12.1 Å². The SMILES string of the molecule is CC#CCC(NC(=O)OCC1c2ccccc2-c2ccccc21)C(=O)NC(C)CC(=O)O. The van der Waals surface area contributed by atoms with Crippen LogP contribution in [-0.2, 0) is 14.3 Å². The molecular weight excluding hydrogens is 408 g/mol. The van der Waals surface area contributed by atoms with Crippen molar-refractivity contribution in [3.05, 3.63) is 59.7 Å². The van der Waals surface area contributed by atoms with Gasteiger partial charge in [0.05, 0.1) is 6.42 Å². The second-order valence-corrected chi connectivity index (χ2v) is 7.66. The Morgan fingerprint density at radius 2 is 1.62 bits per heavy atom. The molecule has 0 saturated carbocycles. The van der Waals surface area contributed by atoms with Gasteiger partial charge in [0.2, 0.25) is 5.91 Å². The van der Waals surface area contributed by atoms with E-state index in [0.29, 0.717) is 0 Å². The van der Waals surface area contributed by atoms with Gasteiger partial charge in [0.25, 0.3) is 0 Å². The van der Waals surface area contributed by atoms with Crippen molar-refractivity contribution in [2.45, 2.75) is 44.7 Å². The quantitative estimate of drug-likeness (QED) is 0.553. The van der Waals surface area contributed by atoms with Crippen LogP contribution >= 0.6 is 0 Å². The summed E-state index contributed by atoms with van der Waals surface area (Å²) in [5.41, 5.74) is 4.44. The van der Waals surface area contributed by atoms with Gasteiger partial charge in [-0.3, -0.25) is 9.59 Å². The van der Waals surface area contributed by atoms with Crippen molar-refractivity contribution in [2.24, 2.45) is 0 Å². The molecule has 2 atom stereocenters. The Morgan fingerprint density at radius 3 is 2.19 bits per heavy atom. The van der Waals surface area contributed by atoms with E-state index in [2.05, 4.69) is 34.6 Å². The average molecular weight is 434 g/mol. The van der Waals surface area contributed by atoms with Gasteiger partial charge in [-0.1, -0.05) is 48.5 Å². The molecule has 7 nitrogen and oxygen atoms in total. The van der Waals surface area contributed by atoms with E-state index in [1.807, 2.05) is 36.4 Å². The molecule has 3 N–H and O–H groups in total. The highest BCUT2D eigenvalue weighted by Gasteiger charge is 2.30. The molecular formula is C25H26N2O5. The van der Waals surface area contributed by atoms with Crippen molar-refractivity contribution in [1.29, 1.82) is 0 Å². The topological polar surface area (TPSA) is 105 Å². The molecule has 2 unspecified atom stereocenters. The number of ether oxygens (including phenoxy) is 1. The molecule has 2 amide bonds. The molecule has 1 aliphatic rings. The highest BCUT2D eigenvalue weighted by atomic mass is 16.5. The summed E-state index contributed by atoms with van der Waals surface area (Å²) >= 11 is 0. The lowest BCUT2D eigenvalue weighted by molar-refractivity contribution is -0.137. The third-order valence-electron chi connectivity index (χ3n) is 5.30. The summed E-state index contributed by atoms with van der Waals surface area (Å²) in [4.78, 5) is 35.9. The summed E-state index contributed by atoms with van der Waals surface area (Å²) in [5, 5.41) is 14.0. The van der Waals surface area contributed by atoms with E-state index in [1.165, 1.54) is 0 Å². The minimum Gasteiger partial charge on any atom is -0.481 e. The number of rotatable bonds is 8. The van der Waals surface area contributed by atoms with Crippen LogP contribution < -0.4 is 10.6 Å². The van der Waals surface area contributed by atoms with E-state index in [0.717, 1.165) is 22.3 Å². The summed E-state index contributed by atoms with van der Waals surface area (Å²) < 4.78 is 5.50. The Morgan fingerprint density at radius 1 is 1.03 bits per heavy atom. The first kappa shape index (κ1) is 22.9. The van der Waals surface area contributed by atoms with Crippen molar-refractivity contribution >= 4 is 18.0 Å². The van der Waals surface area contributed by atoms with Crippen LogP contribution in [0.4, 0.5) is 4.79 Å². The lowest BCUT2D eigenvalue weighted by Crippen LogP contribution is -2.49. The summed E-state index contributed by atoms with van der Waals surface area (Å²) in [6.45, 7) is 3.35. The van der Waals surface area contributed by atoms with Crippen molar-refractivity contribution < 1.29 is 24.2 Å². The molecule has 2 aromatic rings. The number of alkyl carbamates (subject to hydrolysis) is 1. The zero-order valence-electron chi connectivity index (χ0n) is 18.1. The first-order valence-corrected chi connectivity index (χ1v) is 10.4. The maximum absolute atomic E-state index is 12.5. The molecule has 0 radical (unpaired) electrons. The van der Waals surface area contributed by atoms with Crippen molar-refractivity contribution in [2.75, 3.05) is 6.61 Å². The molecule has 0 aliphatic heterocycles. The zero-order chi connectivity index (χ0) is 23.1. The third-order valence-corrected chi connectivity index (χ3v) is 5.30. The largest absolute Gasteiger partial charge is 0.481 e. The number of carbonyl (C=O) groups excluding carboxylic acids is 2. The minimum absolute atomic E-state index is 0.0896. The average Bonchev–Trinajstić information content (AvgIpc) is 3.08. The van der Waals surface area contributed by atoms with E-state index >= 15 is 0 Å². The van der Waals surface area contributed by atoms with Gasteiger partial charge in [0.15, 0.2) is 0 Å². The fourth-order valence-corrected chi connectivity index (χ4v) is 3.85. The lowest BCUT2D eigenvalue weighted by atomic mass is 9.98. The first-order chi connectivity index (χ1) is 15.4. The molecule has 1 aliphatic carbocycles. The van der Waals surface area contributed by atoms with E-state index in [-0.39, 0.29) is 25.4 Å². The maximum atomic E-state index is 12.5. The Kier molecular flexibility index (Phi) is 7.50. The van der Waals surface area contributed by atoms with Crippen LogP contribution in [0.2, 0.25) is 0 Å². The molecule has 2 aromatic carbocycles. The second-order valence-electron chi connectivity index (χ2n) is 7.66. The predicted molar refractivity (Wildman–Crippen MR) is 120 cm³/mol. The summed E-state index contributed by atoms with van der Waals surface area (Å²) in [5.74, 6) is 3.85. The van der Waals surface area contributed by atoms with Crippen LogP contribution in [-0.4, -0.2) is 41.8 Å². The second kappa shape index (κ2) is 10.5. The third kappa shape index (κ3) is 5.46. The lowest BCUT2D eigenvalue weighted by Gasteiger charge is -2.20. The number of hydrogen-bond acceptors (Lipinski definition) is 4. The number of aliphatic carboxylic acids is 1. The number of benzene rings is 2. The van der Waals surface area contributed by atoms with Crippen molar-refractivity contribution in [1.82, 2.24) is 10.6 Å². The Bertz CT molecular complexity index is 1020. The highest BCUT2D eigenvalue weighted by molar-refractivity contribution is 5.86. The standard InChI is InChI=1S/C25H26N2O5/c1-3-4-13-22(24(30)26-16(2)14-23(28)29)27-25(31)32-15-21-19-11-7-5-9-17(19)18-10-6-8-12-20(18)21/h5-12,16,21-22H,13-15H2,1-2H3,(H,26,30)(H,27,31)(H,28,29). The number of carboxylic acid groups (broad SMARTS) is 1. The maximum Gasteiger partial charge on any atom is 0.407 e. The Labute approximate surface area is 187 Å². The van der Waals surface area contributed by atoms with Gasteiger partial charge < -0.3 is 20.5 Å². The fraction of sp³-hybridized carbons (Fsp3) is 0.320. The molecule has 0 saturated heterocycles. The molecule has 0 spiro atoms. The molecule has 32 heavy (non-hydrogen) atoms. The van der Waals surface area contributed by atoms with Gasteiger partial charge in [0, 0.05) is 18.4 Å². The van der Waals surface area contributed by atoms with Gasteiger partial charge in [-0.05, 0) is 36.1 Å². The Hall–Kier alpha value is -3.79. The predicted octanol–water partition coefficient (Wildman–Crippen LogP) is 3.29. The normalized spacial score (nSPS) is 13.6. The van der Waals surface area contributed by atoms with Crippen molar-refractivity contribution in [3.8, 4) is 23.0 Å². The van der Waals surface area contributed by atoms with Crippen LogP contribution in [0.15, 0.2) is 48.5 Å². The number of fused-ring (bicyclic) bond motifs is 3. The molecule has 3 rings (SSSR count). The van der Waals surface area contributed by atoms with E-state index in [4.69, 9.17) is 9.84 Å². The fourth-order valence-electron chi connectivity index (χ4n) is 3.85. The van der Waals surface area contributed by atoms with Crippen LogP contribution in [0.25, 0.3) is 11.1 Å². The number of nitrogens with one attached hydrogen (secondary N) is 2. The van der Waals surface area contributed by atoms with Gasteiger partial charge in [0.1, 0.15) is 12.6 Å². The van der Waals surface area contributed by atoms with Crippen LogP contribution in [0.5, 0.6) is 0 Å². The summed E-state index contributed by atoms with van der Waals surface area (Å²) in [6, 6.07) is 14.5. The monoisotopic (exact) mass is 434 g/mol. The van der Waals surface area contributed by atoms with Crippen LogP contribution in [0.1, 0.15) is 43.7 Å². The first-order valence-electron chi connectivity index (χ1n) is 10.4. The summed E-state index contributed by atoms with van der Waals surface area (Å²) in [6.07, 6.45) is -0.856. The number of carbonyl (C=O) groups is 3. The summed E-state index contributed by atoms with van der Waals surface area (Å²) in [7, 11) is 0. The molecule has 0 fully saturated rings. The molecule has 166 valence electrons. The number of carboxylic acids is 1. The number of amides is 2. The molecule has 0 aromatic heterocycles. The van der Waals surface area contributed by atoms with Crippen LogP contribution in [0, 0.1) is 11.8 Å². The van der Waals surface area contributed by atoms with Gasteiger partial charge in [-0.25, -0.2) is 4.79 Å². The zero-order valence-corrected chi connectivity index (χ0v) is 18.1. The minimum atomic E-state index is -1.02. The Balaban J connectivity index is 1.64. The molecule has 0 bridgehead atoms. The highest BCUT2D eigenvalue weighted by Crippen LogP contribution is 2.44. The molecule has 0 heterocycles. The van der Waals surface area contributed by atoms with Crippen LogP contribution in [0.3, 0.4) is 0 Å². The van der Waals surface area contributed by atoms with E-state index in [9.17, 15) is 14.4 Å². The van der Waals surface area contributed by atoms with Gasteiger partial charge in [-0.2, -0.15) is 0 Å². The molecule has 7 heteroatoms. The number of hydrogen-bond donors (Lipinski definition) is 3. The van der Waals surface area contributed by atoms with E-state index < -0.39 is 30.1 Å². The van der Waals surface area contributed by atoms with Crippen molar-refractivity contribution in [3.63, 3.8) is 0 Å².